The Hall–Kier alpha value is -3.55. The number of fused-ring (bicyclic) bond motifs is 1. The highest BCUT2D eigenvalue weighted by Crippen LogP contribution is 2.36. The smallest absolute Gasteiger partial charge is 0.264 e. The van der Waals surface area contributed by atoms with Crippen LogP contribution in [0.5, 0.6) is 0 Å². The second-order valence-corrected chi connectivity index (χ2v) is 11.6. The minimum Gasteiger partial charge on any atom is -0.325 e. The highest BCUT2D eigenvalue weighted by atomic mass is 32.2. The fraction of sp³-hybridized carbons (Fsp3) is 0.138. The number of amides is 1. The summed E-state index contributed by atoms with van der Waals surface area (Å²) in [6.07, 6.45) is 1.65. The van der Waals surface area contributed by atoms with E-state index in [1.807, 2.05) is 84.9 Å². The molecule has 0 saturated heterocycles. The monoisotopic (exact) mass is 514 g/mol. The van der Waals surface area contributed by atoms with Crippen molar-refractivity contribution in [3.63, 3.8) is 0 Å². The van der Waals surface area contributed by atoms with E-state index in [9.17, 15) is 13.2 Å². The molecule has 5 rings (SSSR count). The molecule has 36 heavy (non-hydrogen) atoms. The molecular formula is C29H26N2O3S2. The fourth-order valence-electron chi connectivity index (χ4n) is 4.33. The minimum atomic E-state index is -3.70. The Bertz CT molecular complexity index is 1440. The normalized spacial score (nSPS) is 14.1. The summed E-state index contributed by atoms with van der Waals surface area (Å²) in [5.74, 6) is -0.171. The Morgan fingerprint density at radius 3 is 2.17 bits per heavy atom. The van der Waals surface area contributed by atoms with E-state index in [1.165, 1.54) is 16.1 Å². The van der Waals surface area contributed by atoms with Gasteiger partial charge in [0.15, 0.2) is 0 Å². The van der Waals surface area contributed by atoms with E-state index < -0.39 is 15.3 Å². The molecule has 4 aromatic carbocycles. The van der Waals surface area contributed by atoms with Gasteiger partial charge in [-0.3, -0.25) is 9.10 Å². The molecule has 4 aromatic rings. The van der Waals surface area contributed by atoms with Crippen LogP contribution < -0.4 is 9.62 Å². The van der Waals surface area contributed by atoms with Crippen LogP contribution in [0, 0.1) is 0 Å². The van der Waals surface area contributed by atoms with Crippen molar-refractivity contribution < 1.29 is 13.2 Å². The lowest BCUT2D eigenvalue weighted by Gasteiger charge is -2.30. The maximum Gasteiger partial charge on any atom is 0.264 e. The molecule has 7 heteroatoms. The van der Waals surface area contributed by atoms with Crippen LogP contribution in [0.25, 0.3) is 0 Å². The lowest BCUT2D eigenvalue weighted by Crippen LogP contribution is -2.35. The predicted octanol–water partition coefficient (Wildman–Crippen LogP) is 6.30. The molecule has 0 saturated carbocycles. The molecule has 1 amide bonds. The highest BCUT2D eigenvalue weighted by molar-refractivity contribution is 8.00. The second-order valence-electron chi connectivity index (χ2n) is 8.54. The molecule has 0 radical (unpaired) electrons. The van der Waals surface area contributed by atoms with Crippen molar-refractivity contribution in [2.45, 2.75) is 27.9 Å². The predicted molar refractivity (Wildman–Crippen MR) is 146 cm³/mol. The fourth-order valence-corrected chi connectivity index (χ4v) is 6.92. The van der Waals surface area contributed by atoms with Crippen molar-refractivity contribution in [1.82, 2.24) is 0 Å². The average molecular weight is 515 g/mol. The molecule has 1 aliphatic rings. The van der Waals surface area contributed by atoms with Crippen molar-refractivity contribution in [2.75, 3.05) is 16.2 Å². The van der Waals surface area contributed by atoms with Gasteiger partial charge in [-0.2, -0.15) is 0 Å². The van der Waals surface area contributed by atoms with E-state index in [-0.39, 0.29) is 10.8 Å². The first-order valence-corrected chi connectivity index (χ1v) is 14.1. The van der Waals surface area contributed by atoms with Gasteiger partial charge in [-0.25, -0.2) is 8.42 Å². The van der Waals surface area contributed by atoms with Gasteiger partial charge in [0, 0.05) is 17.1 Å². The van der Waals surface area contributed by atoms with Gasteiger partial charge in [0.2, 0.25) is 5.91 Å². The summed E-state index contributed by atoms with van der Waals surface area (Å²) in [5, 5.41) is 2.51. The van der Waals surface area contributed by atoms with E-state index in [2.05, 4.69) is 5.32 Å². The number of rotatable bonds is 7. The van der Waals surface area contributed by atoms with Crippen LogP contribution in [0.2, 0.25) is 0 Å². The first kappa shape index (κ1) is 24.2. The molecule has 5 nitrogen and oxygen atoms in total. The van der Waals surface area contributed by atoms with Crippen LogP contribution in [0.4, 0.5) is 11.4 Å². The SMILES string of the molecule is O=C(Nc1ccc(S(=O)(=O)N2CCCc3ccccc32)cc1)C(Sc1ccccc1)c1ccccc1. The van der Waals surface area contributed by atoms with Crippen LogP contribution in [0.1, 0.15) is 22.8 Å². The number of sulfonamides is 1. The van der Waals surface area contributed by atoms with E-state index in [0.29, 0.717) is 12.2 Å². The maximum atomic E-state index is 13.4. The van der Waals surface area contributed by atoms with Crippen LogP contribution in [-0.4, -0.2) is 20.9 Å². The van der Waals surface area contributed by atoms with E-state index in [0.717, 1.165) is 34.6 Å². The van der Waals surface area contributed by atoms with Crippen LogP contribution in [0.3, 0.4) is 0 Å². The zero-order chi connectivity index (χ0) is 25.0. The van der Waals surface area contributed by atoms with E-state index in [4.69, 9.17) is 0 Å². The van der Waals surface area contributed by atoms with Gasteiger partial charge in [0.1, 0.15) is 5.25 Å². The summed E-state index contributed by atoms with van der Waals surface area (Å²) in [6, 6.07) is 33.5. The summed E-state index contributed by atoms with van der Waals surface area (Å²) in [5.41, 5.74) is 3.23. The van der Waals surface area contributed by atoms with Gasteiger partial charge in [0.25, 0.3) is 10.0 Å². The number of para-hydroxylation sites is 1. The van der Waals surface area contributed by atoms with E-state index >= 15 is 0 Å². The molecule has 0 aromatic heterocycles. The summed E-state index contributed by atoms with van der Waals surface area (Å²) < 4.78 is 28.3. The van der Waals surface area contributed by atoms with Gasteiger partial charge in [-0.15, -0.1) is 11.8 Å². The van der Waals surface area contributed by atoms with E-state index in [1.54, 1.807) is 24.3 Å². The molecule has 0 spiro atoms. The number of thioether (sulfide) groups is 1. The van der Waals surface area contributed by atoms with Crippen molar-refractivity contribution in [2.24, 2.45) is 0 Å². The van der Waals surface area contributed by atoms with Crippen molar-refractivity contribution in [1.29, 1.82) is 0 Å². The Morgan fingerprint density at radius 1 is 0.806 bits per heavy atom. The summed E-state index contributed by atoms with van der Waals surface area (Å²) in [6.45, 7) is 0.452. The standard InChI is InChI=1S/C29H26N2O3S2/c32-29(28(23-11-3-1-4-12-23)35-25-14-5-2-6-15-25)30-24-17-19-26(20-18-24)36(33,34)31-21-9-13-22-10-7-8-16-27(22)31/h1-8,10-12,14-20,28H,9,13,21H2,(H,30,32). The third kappa shape index (κ3) is 5.17. The van der Waals surface area contributed by atoms with Gasteiger partial charge in [-0.1, -0.05) is 66.7 Å². The van der Waals surface area contributed by atoms with Crippen LogP contribution in [0.15, 0.2) is 119 Å². The molecule has 182 valence electrons. The largest absolute Gasteiger partial charge is 0.325 e. The Morgan fingerprint density at radius 2 is 1.44 bits per heavy atom. The zero-order valence-corrected chi connectivity index (χ0v) is 21.2. The van der Waals surface area contributed by atoms with Gasteiger partial charge < -0.3 is 5.32 Å². The first-order chi connectivity index (χ1) is 17.5. The number of nitrogens with one attached hydrogen (secondary N) is 1. The first-order valence-electron chi connectivity index (χ1n) is 11.8. The summed E-state index contributed by atoms with van der Waals surface area (Å²) >= 11 is 1.47. The van der Waals surface area contributed by atoms with Gasteiger partial charge in [-0.05, 0) is 66.4 Å². The number of hydrogen-bond acceptors (Lipinski definition) is 4. The Balaban J connectivity index is 1.35. The zero-order valence-electron chi connectivity index (χ0n) is 19.6. The Kier molecular flexibility index (Phi) is 7.11. The summed E-state index contributed by atoms with van der Waals surface area (Å²) in [7, 11) is -3.70. The third-order valence-electron chi connectivity index (χ3n) is 6.12. The topological polar surface area (TPSA) is 66.5 Å². The molecule has 1 unspecified atom stereocenters. The number of carbonyl (C=O) groups is 1. The van der Waals surface area contributed by atoms with Gasteiger partial charge >= 0.3 is 0 Å². The number of nitrogens with zero attached hydrogens (tertiary/aromatic N) is 1. The molecule has 0 fully saturated rings. The molecular weight excluding hydrogens is 488 g/mol. The number of carbonyl (C=O) groups excluding carboxylic acids is 1. The summed E-state index contributed by atoms with van der Waals surface area (Å²) in [4.78, 5) is 14.5. The van der Waals surface area contributed by atoms with Crippen LogP contribution in [-0.2, 0) is 21.2 Å². The maximum absolute atomic E-state index is 13.4. The average Bonchev–Trinajstić information content (AvgIpc) is 2.92. The molecule has 1 N–H and O–H groups in total. The van der Waals surface area contributed by atoms with Crippen molar-refractivity contribution in [3.8, 4) is 0 Å². The third-order valence-corrected chi connectivity index (χ3v) is 9.21. The number of hydrogen-bond donors (Lipinski definition) is 1. The van der Waals surface area contributed by atoms with Crippen molar-refractivity contribution in [3.05, 3.63) is 120 Å². The number of aryl methyl sites for hydroxylation is 1. The second kappa shape index (κ2) is 10.6. The molecule has 1 aliphatic heterocycles. The highest BCUT2D eigenvalue weighted by Gasteiger charge is 2.29. The number of benzene rings is 4. The lowest BCUT2D eigenvalue weighted by atomic mass is 10.0. The van der Waals surface area contributed by atoms with Gasteiger partial charge in [0.05, 0.1) is 10.6 Å². The quantitative estimate of drug-likeness (QED) is 0.294. The molecule has 0 aliphatic carbocycles. The molecule has 1 heterocycles. The molecule has 0 bridgehead atoms. The Labute approximate surface area is 216 Å². The lowest BCUT2D eigenvalue weighted by molar-refractivity contribution is -0.115. The number of anilines is 2. The van der Waals surface area contributed by atoms with Crippen molar-refractivity contribution >= 4 is 39.1 Å². The molecule has 1 atom stereocenters. The van der Waals surface area contributed by atoms with Crippen LogP contribution >= 0.6 is 11.8 Å². The minimum absolute atomic E-state index is 0.171.